The summed E-state index contributed by atoms with van der Waals surface area (Å²) in [7, 11) is -2.31. The van der Waals surface area contributed by atoms with Crippen LogP contribution in [0, 0.1) is 10.6 Å². The van der Waals surface area contributed by atoms with Crippen molar-refractivity contribution in [2.75, 3.05) is 19.0 Å². The number of amides is 1. The number of ether oxygens (including phenoxy) is 2. The molecule has 2 heterocycles. The maximum absolute atomic E-state index is 14.2. The number of nitrogens with one attached hydrogen (secondary N) is 2. The lowest BCUT2D eigenvalue weighted by atomic mass is 9.92. The van der Waals surface area contributed by atoms with Crippen LogP contribution in [-0.2, 0) is 21.2 Å². The van der Waals surface area contributed by atoms with Crippen molar-refractivity contribution in [3.63, 3.8) is 0 Å². The van der Waals surface area contributed by atoms with Gasteiger partial charge in [-0.2, -0.15) is 5.10 Å². The second kappa shape index (κ2) is 8.56. The van der Waals surface area contributed by atoms with Gasteiger partial charge in [0.1, 0.15) is 28.4 Å². The van der Waals surface area contributed by atoms with Gasteiger partial charge in [-0.25, -0.2) is 23.2 Å². The van der Waals surface area contributed by atoms with Gasteiger partial charge in [0.05, 0.1) is 6.54 Å². The predicted molar refractivity (Wildman–Crippen MR) is 114 cm³/mol. The lowest BCUT2D eigenvalue weighted by molar-refractivity contribution is 0.0165. The first-order valence-electron chi connectivity index (χ1n) is 9.91. The Balaban J connectivity index is 2.11. The minimum Gasteiger partial charge on any atom is -0.474 e. The van der Waals surface area contributed by atoms with Crippen LogP contribution in [0.4, 0.5) is 10.1 Å². The number of rotatable bonds is 6. The zero-order valence-corrected chi connectivity index (χ0v) is 19.0. The van der Waals surface area contributed by atoms with Crippen molar-refractivity contribution >= 4 is 21.5 Å². The molecule has 1 aliphatic rings. The summed E-state index contributed by atoms with van der Waals surface area (Å²) in [6.07, 6.45) is -0.312. The minimum absolute atomic E-state index is 0.0215. The largest absolute Gasteiger partial charge is 0.474 e. The Morgan fingerprint density at radius 2 is 1.94 bits per heavy atom. The summed E-state index contributed by atoms with van der Waals surface area (Å²) in [6.45, 7) is 7.98. The maximum atomic E-state index is 14.2. The molecule has 9 nitrogen and oxygen atoms in total. The molecule has 31 heavy (non-hydrogen) atoms. The Morgan fingerprint density at radius 3 is 2.42 bits per heavy atom. The van der Waals surface area contributed by atoms with Crippen LogP contribution >= 0.6 is 0 Å². The van der Waals surface area contributed by atoms with Gasteiger partial charge in [-0.1, -0.05) is 27.7 Å². The highest BCUT2D eigenvalue weighted by Gasteiger charge is 2.34. The second-order valence-electron chi connectivity index (χ2n) is 8.16. The third-order valence-corrected chi connectivity index (χ3v) is 6.12. The van der Waals surface area contributed by atoms with Crippen molar-refractivity contribution in [3.05, 3.63) is 34.8 Å². The van der Waals surface area contributed by atoms with Crippen LogP contribution in [0.1, 0.15) is 61.1 Å². The Morgan fingerprint density at radius 1 is 1.35 bits per heavy atom. The van der Waals surface area contributed by atoms with Crippen molar-refractivity contribution in [2.24, 2.45) is 5.14 Å². The summed E-state index contributed by atoms with van der Waals surface area (Å²) in [5.74, 6) is -1.21. The first kappa shape index (κ1) is 23.2. The average molecular weight is 454 g/mol. The van der Waals surface area contributed by atoms with Gasteiger partial charge in [-0.05, 0) is 35.1 Å². The van der Waals surface area contributed by atoms with E-state index < -0.39 is 21.6 Å². The van der Waals surface area contributed by atoms with Crippen LogP contribution in [0.15, 0.2) is 17.0 Å². The van der Waals surface area contributed by atoms with Crippen LogP contribution in [0.3, 0.4) is 0 Å². The quantitative estimate of drug-likeness (QED) is 0.618. The van der Waals surface area contributed by atoms with Crippen molar-refractivity contribution in [1.29, 1.82) is 4.78 Å². The average Bonchev–Trinajstić information content (AvgIpc) is 3.07. The molecule has 1 aromatic carbocycles. The van der Waals surface area contributed by atoms with Crippen LogP contribution in [0.5, 0.6) is 5.88 Å². The zero-order chi connectivity index (χ0) is 23.1. The molecule has 2 atom stereocenters. The fraction of sp³-hybridized carbons (Fsp3) is 0.500. The summed E-state index contributed by atoms with van der Waals surface area (Å²) in [6, 6.07) is 2.77. The number of hydrogen-bond donors (Lipinski definition) is 3. The Kier molecular flexibility index (Phi) is 6.40. The van der Waals surface area contributed by atoms with E-state index in [1.165, 1.54) is 23.9 Å². The normalized spacial score (nSPS) is 17.9. The number of fused-ring (bicyclic) bond motifs is 1. The Hall–Kier alpha value is -2.50. The lowest BCUT2D eigenvalue weighted by Crippen LogP contribution is -2.32. The van der Waals surface area contributed by atoms with Gasteiger partial charge >= 0.3 is 0 Å². The Labute approximate surface area is 181 Å². The van der Waals surface area contributed by atoms with Crippen LogP contribution < -0.4 is 15.2 Å². The van der Waals surface area contributed by atoms with E-state index in [2.05, 4.69) is 10.4 Å². The van der Waals surface area contributed by atoms with Gasteiger partial charge in [0.2, 0.25) is 5.88 Å². The SMILES string of the molecule is COC1COc2c(S(=N)(N)=O)c(C(=O)Nc3c(C(C)C)cc(F)cc3C(C)C)nn2C1. The van der Waals surface area contributed by atoms with Crippen molar-refractivity contribution < 1.29 is 22.9 Å². The molecule has 0 radical (unpaired) electrons. The highest BCUT2D eigenvalue weighted by Crippen LogP contribution is 2.35. The van der Waals surface area contributed by atoms with E-state index in [1.807, 2.05) is 27.7 Å². The topological polar surface area (TPSA) is 132 Å². The van der Waals surface area contributed by atoms with Gasteiger partial charge < -0.3 is 14.8 Å². The molecule has 0 saturated heterocycles. The van der Waals surface area contributed by atoms with Gasteiger partial charge in [0.25, 0.3) is 5.91 Å². The molecular weight excluding hydrogens is 425 g/mol. The molecular formula is C20H28FN5O4S. The van der Waals surface area contributed by atoms with Gasteiger partial charge in [-0.3, -0.25) is 4.79 Å². The summed E-state index contributed by atoms with van der Waals surface area (Å²) in [4.78, 5) is 13.0. The number of halogens is 1. The minimum atomic E-state index is -3.82. The highest BCUT2D eigenvalue weighted by atomic mass is 32.2. The Bertz CT molecular complexity index is 1080. The molecule has 1 aromatic heterocycles. The molecule has 2 unspecified atom stereocenters. The maximum Gasteiger partial charge on any atom is 0.277 e. The molecule has 0 saturated carbocycles. The summed E-state index contributed by atoms with van der Waals surface area (Å²) in [5.41, 5.74) is 1.45. The number of aromatic nitrogens is 2. The number of nitrogens with zero attached hydrogens (tertiary/aromatic N) is 2. The smallest absolute Gasteiger partial charge is 0.277 e. The highest BCUT2D eigenvalue weighted by molar-refractivity contribution is 7.90. The number of carbonyl (C=O) groups is 1. The van der Waals surface area contributed by atoms with Gasteiger partial charge in [0, 0.05) is 12.8 Å². The second-order valence-corrected chi connectivity index (χ2v) is 9.77. The molecule has 4 N–H and O–H groups in total. The standard InChI is InChI=1S/C20H28FN5O4S/c1-10(2)14-6-12(21)7-15(11(3)4)16(14)24-19(27)17-18(31(22,23)28)20-26(25-17)8-13(29-5)9-30-20/h6-7,10-11,13H,8-9H2,1-5H3,(H,24,27)(H3,22,23,28). The van der Waals surface area contributed by atoms with E-state index in [0.29, 0.717) is 16.8 Å². The van der Waals surface area contributed by atoms with Crippen LogP contribution in [0.2, 0.25) is 0 Å². The van der Waals surface area contributed by atoms with Crippen LogP contribution in [-0.4, -0.2) is 39.7 Å². The fourth-order valence-corrected chi connectivity index (χ4v) is 4.40. The monoisotopic (exact) mass is 453 g/mol. The summed E-state index contributed by atoms with van der Waals surface area (Å²) in [5, 5.41) is 12.6. The number of nitrogens with two attached hydrogens (primary N) is 1. The number of hydrogen-bond acceptors (Lipinski definition) is 6. The molecule has 2 aromatic rings. The number of anilines is 1. The molecule has 1 amide bonds. The molecule has 170 valence electrons. The van der Waals surface area contributed by atoms with E-state index in [1.54, 1.807) is 0 Å². The van der Waals surface area contributed by atoms with E-state index in [-0.39, 0.29) is 47.6 Å². The third-order valence-electron chi connectivity index (χ3n) is 5.15. The predicted octanol–water partition coefficient (Wildman–Crippen LogP) is 3.21. The van der Waals surface area contributed by atoms with E-state index in [9.17, 15) is 13.4 Å². The first-order valence-corrected chi connectivity index (χ1v) is 11.5. The molecule has 0 spiro atoms. The molecule has 0 aliphatic carbocycles. The summed E-state index contributed by atoms with van der Waals surface area (Å²) >= 11 is 0. The lowest BCUT2D eigenvalue weighted by Gasteiger charge is -2.23. The number of carbonyl (C=O) groups excluding carboxylic acids is 1. The van der Waals surface area contributed by atoms with Crippen molar-refractivity contribution in [2.45, 2.75) is 57.1 Å². The molecule has 11 heteroatoms. The van der Waals surface area contributed by atoms with Crippen LogP contribution in [0.25, 0.3) is 0 Å². The molecule has 1 aliphatic heterocycles. The fourth-order valence-electron chi connectivity index (χ4n) is 3.55. The summed E-state index contributed by atoms with van der Waals surface area (Å²) < 4.78 is 46.8. The zero-order valence-electron chi connectivity index (χ0n) is 18.2. The van der Waals surface area contributed by atoms with E-state index in [0.717, 1.165) is 0 Å². The van der Waals surface area contributed by atoms with E-state index >= 15 is 0 Å². The van der Waals surface area contributed by atoms with Gasteiger partial charge in [0.15, 0.2) is 10.6 Å². The van der Waals surface area contributed by atoms with Crippen molar-refractivity contribution in [1.82, 2.24) is 9.78 Å². The first-order chi connectivity index (χ1) is 14.4. The van der Waals surface area contributed by atoms with Gasteiger partial charge in [-0.15, -0.1) is 0 Å². The molecule has 0 fully saturated rings. The number of methoxy groups -OCH3 is 1. The van der Waals surface area contributed by atoms with E-state index in [4.69, 9.17) is 19.4 Å². The van der Waals surface area contributed by atoms with Crippen molar-refractivity contribution in [3.8, 4) is 5.88 Å². The third kappa shape index (κ3) is 4.58. The molecule has 0 bridgehead atoms. The number of benzene rings is 1. The molecule has 3 rings (SSSR count).